The second kappa shape index (κ2) is 6.68. The summed E-state index contributed by atoms with van der Waals surface area (Å²) in [5.41, 5.74) is 0.646. The van der Waals surface area contributed by atoms with E-state index < -0.39 is 4.92 Å². The maximum absolute atomic E-state index is 10.7. The zero-order valence-electron chi connectivity index (χ0n) is 10.9. The highest BCUT2D eigenvalue weighted by Gasteiger charge is 2.17. The predicted octanol–water partition coefficient (Wildman–Crippen LogP) is 3.69. The fraction of sp³-hybridized carbons (Fsp3) is 0.143. The molecular formula is C14H11ClN4O2. The minimum atomic E-state index is -0.551. The van der Waals surface area contributed by atoms with Crippen LogP contribution >= 0.6 is 11.6 Å². The number of nitrogens with zero attached hydrogens (tertiary/aromatic N) is 4. The van der Waals surface area contributed by atoms with Gasteiger partial charge in [0.25, 0.3) is 5.69 Å². The van der Waals surface area contributed by atoms with Crippen molar-refractivity contribution in [3.63, 3.8) is 0 Å². The van der Waals surface area contributed by atoms with Crippen LogP contribution in [-0.2, 0) is 0 Å². The standard InChI is InChI=1S/C14H11ClN4O2/c15-13-9-12(19(20)21)10-17-14(13)18(8-4-7-16)11-5-2-1-3-6-11/h1-3,5-6,9-10H,4,8H2. The Morgan fingerprint density at radius 3 is 2.67 bits per heavy atom. The lowest BCUT2D eigenvalue weighted by molar-refractivity contribution is -0.385. The predicted molar refractivity (Wildman–Crippen MR) is 79.6 cm³/mol. The van der Waals surface area contributed by atoms with Crippen LogP contribution in [-0.4, -0.2) is 16.5 Å². The van der Waals surface area contributed by atoms with Crippen LogP contribution in [0.15, 0.2) is 42.6 Å². The van der Waals surface area contributed by atoms with E-state index in [1.807, 2.05) is 30.3 Å². The Morgan fingerprint density at radius 2 is 2.10 bits per heavy atom. The summed E-state index contributed by atoms with van der Waals surface area (Å²) < 4.78 is 0. The van der Waals surface area contributed by atoms with Crippen LogP contribution in [0.2, 0.25) is 5.02 Å². The van der Waals surface area contributed by atoms with Crippen molar-refractivity contribution in [3.8, 4) is 6.07 Å². The molecule has 0 radical (unpaired) electrons. The Kier molecular flexibility index (Phi) is 4.69. The van der Waals surface area contributed by atoms with Crippen LogP contribution in [0.3, 0.4) is 0 Å². The first-order chi connectivity index (χ1) is 10.1. The highest BCUT2D eigenvalue weighted by molar-refractivity contribution is 6.33. The number of anilines is 2. The van der Waals surface area contributed by atoms with Gasteiger partial charge in [-0.25, -0.2) is 4.98 Å². The van der Waals surface area contributed by atoms with Crippen molar-refractivity contribution in [2.24, 2.45) is 0 Å². The summed E-state index contributed by atoms with van der Waals surface area (Å²) in [6.07, 6.45) is 1.44. The maximum atomic E-state index is 10.7. The third kappa shape index (κ3) is 3.46. The number of pyridine rings is 1. The Labute approximate surface area is 126 Å². The van der Waals surface area contributed by atoms with Crippen molar-refractivity contribution >= 4 is 28.8 Å². The van der Waals surface area contributed by atoms with Gasteiger partial charge >= 0.3 is 0 Å². The number of nitriles is 1. The average Bonchev–Trinajstić information content (AvgIpc) is 2.50. The minimum absolute atomic E-state index is 0.169. The molecule has 2 aromatic rings. The highest BCUT2D eigenvalue weighted by Crippen LogP contribution is 2.32. The van der Waals surface area contributed by atoms with E-state index in [1.54, 1.807) is 4.90 Å². The van der Waals surface area contributed by atoms with Crippen LogP contribution in [0.4, 0.5) is 17.2 Å². The number of benzene rings is 1. The van der Waals surface area contributed by atoms with E-state index in [0.717, 1.165) is 11.9 Å². The number of halogens is 1. The van der Waals surface area contributed by atoms with Gasteiger partial charge in [0.1, 0.15) is 6.20 Å². The van der Waals surface area contributed by atoms with E-state index in [2.05, 4.69) is 11.1 Å². The molecule has 0 saturated heterocycles. The van der Waals surface area contributed by atoms with E-state index in [1.165, 1.54) is 6.07 Å². The SMILES string of the molecule is N#CCCN(c1ccccc1)c1ncc([N+](=O)[O-])cc1Cl. The molecule has 0 bridgehead atoms. The van der Waals surface area contributed by atoms with Crippen LogP contribution in [0, 0.1) is 21.4 Å². The van der Waals surface area contributed by atoms with Crippen molar-refractivity contribution in [2.45, 2.75) is 6.42 Å². The van der Waals surface area contributed by atoms with Gasteiger partial charge in [-0.3, -0.25) is 10.1 Å². The van der Waals surface area contributed by atoms with Gasteiger partial charge in [0.15, 0.2) is 5.82 Å². The van der Waals surface area contributed by atoms with Gasteiger partial charge in [-0.05, 0) is 12.1 Å². The monoisotopic (exact) mass is 302 g/mol. The number of rotatable bonds is 5. The Morgan fingerprint density at radius 1 is 1.38 bits per heavy atom. The van der Waals surface area contributed by atoms with Crippen molar-refractivity contribution in [1.29, 1.82) is 5.26 Å². The third-order valence-electron chi connectivity index (χ3n) is 2.79. The van der Waals surface area contributed by atoms with Gasteiger partial charge in [0, 0.05) is 18.3 Å². The molecule has 0 atom stereocenters. The molecule has 0 saturated carbocycles. The van der Waals surface area contributed by atoms with Crippen molar-refractivity contribution in [2.75, 3.05) is 11.4 Å². The summed E-state index contributed by atoms with van der Waals surface area (Å²) in [7, 11) is 0. The van der Waals surface area contributed by atoms with Gasteiger partial charge in [0.05, 0.1) is 22.4 Å². The molecule has 0 unspecified atom stereocenters. The molecule has 0 aliphatic heterocycles. The average molecular weight is 303 g/mol. The van der Waals surface area contributed by atoms with E-state index in [9.17, 15) is 10.1 Å². The summed E-state index contributed by atoms with van der Waals surface area (Å²) in [6.45, 7) is 0.394. The first-order valence-corrected chi connectivity index (χ1v) is 6.50. The fourth-order valence-electron chi connectivity index (χ4n) is 1.85. The highest BCUT2D eigenvalue weighted by atomic mass is 35.5. The molecule has 0 N–H and O–H groups in total. The first-order valence-electron chi connectivity index (χ1n) is 6.13. The minimum Gasteiger partial charge on any atom is -0.324 e. The van der Waals surface area contributed by atoms with Gasteiger partial charge in [-0.2, -0.15) is 5.26 Å². The lowest BCUT2D eigenvalue weighted by Crippen LogP contribution is -2.19. The quantitative estimate of drug-likeness (QED) is 0.621. The zero-order valence-corrected chi connectivity index (χ0v) is 11.7. The molecule has 0 aliphatic carbocycles. The Balaban J connectivity index is 2.42. The lowest BCUT2D eigenvalue weighted by Gasteiger charge is -2.23. The number of nitro groups is 1. The molecule has 0 aliphatic rings. The Hall–Kier alpha value is -2.65. The normalized spacial score (nSPS) is 9.90. The van der Waals surface area contributed by atoms with Crippen molar-refractivity contribution in [3.05, 3.63) is 57.7 Å². The molecule has 0 amide bonds. The second-order valence-corrected chi connectivity index (χ2v) is 4.56. The molecular weight excluding hydrogens is 292 g/mol. The molecule has 7 heteroatoms. The van der Waals surface area contributed by atoms with Gasteiger partial charge < -0.3 is 4.90 Å². The molecule has 2 rings (SSSR count). The molecule has 0 fully saturated rings. The maximum Gasteiger partial charge on any atom is 0.289 e. The molecule has 1 aromatic heterocycles. The summed E-state index contributed by atoms with van der Waals surface area (Å²) in [5, 5.41) is 19.7. The number of hydrogen-bond donors (Lipinski definition) is 0. The molecule has 1 aromatic carbocycles. The smallest absolute Gasteiger partial charge is 0.289 e. The van der Waals surface area contributed by atoms with Crippen molar-refractivity contribution < 1.29 is 4.92 Å². The van der Waals surface area contributed by atoms with Crippen LogP contribution in [0.1, 0.15) is 6.42 Å². The second-order valence-electron chi connectivity index (χ2n) is 4.15. The Bertz CT molecular complexity index is 685. The molecule has 21 heavy (non-hydrogen) atoms. The zero-order chi connectivity index (χ0) is 15.2. The largest absolute Gasteiger partial charge is 0.324 e. The van der Waals surface area contributed by atoms with E-state index >= 15 is 0 Å². The van der Waals surface area contributed by atoms with Gasteiger partial charge in [-0.15, -0.1) is 0 Å². The molecule has 106 valence electrons. The number of aromatic nitrogens is 1. The van der Waals surface area contributed by atoms with Crippen molar-refractivity contribution in [1.82, 2.24) is 4.98 Å². The summed E-state index contributed by atoms with van der Waals surface area (Å²) in [4.78, 5) is 16.0. The number of hydrogen-bond acceptors (Lipinski definition) is 5. The van der Waals surface area contributed by atoms with E-state index in [4.69, 9.17) is 16.9 Å². The lowest BCUT2D eigenvalue weighted by atomic mass is 10.2. The molecule has 6 nitrogen and oxygen atoms in total. The topological polar surface area (TPSA) is 83.1 Å². The fourth-order valence-corrected chi connectivity index (χ4v) is 2.11. The van der Waals surface area contributed by atoms with Crippen LogP contribution in [0.5, 0.6) is 0 Å². The summed E-state index contributed by atoms with van der Waals surface area (Å²) >= 11 is 6.11. The van der Waals surface area contributed by atoms with E-state index in [0.29, 0.717) is 12.4 Å². The summed E-state index contributed by atoms with van der Waals surface area (Å²) in [6, 6.07) is 12.6. The van der Waals surface area contributed by atoms with Gasteiger partial charge in [0.2, 0.25) is 0 Å². The summed E-state index contributed by atoms with van der Waals surface area (Å²) in [5.74, 6) is 0.392. The van der Waals surface area contributed by atoms with Crippen LogP contribution < -0.4 is 4.90 Å². The molecule has 0 spiro atoms. The molecule has 1 heterocycles. The van der Waals surface area contributed by atoms with Gasteiger partial charge in [-0.1, -0.05) is 29.8 Å². The van der Waals surface area contributed by atoms with E-state index in [-0.39, 0.29) is 17.1 Å². The number of para-hydroxylation sites is 1. The van der Waals surface area contributed by atoms with Crippen LogP contribution in [0.25, 0.3) is 0 Å². The first kappa shape index (κ1) is 14.8. The third-order valence-corrected chi connectivity index (χ3v) is 3.07.